The SMILES string of the molecule is CC1CCCCCC1NS(=O)(=O)c1cc(Br)cnc1Cl. The molecule has 20 heavy (non-hydrogen) atoms. The molecule has 1 aliphatic rings. The van der Waals surface area contributed by atoms with Gasteiger partial charge < -0.3 is 0 Å². The van der Waals surface area contributed by atoms with Crippen molar-refractivity contribution in [3.8, 4) is 0 Å². The third kappa shape index (κ3) is 3.93. The van der Waals surface area contributed by atoms with Gasteiger partial charge in [-0.1, -0.05) is 37.8 Å². The van der Waals surface area contributed by atoms with Crippen molar-refractivity contribution in [3.05, 3.63) is 21.9 Å². The summed E-state index contributed by atoms with van der Waals surface area (Å²) in [4.78, 5) is 3.91. The van der Waals surface area contributed by atoms with Gasteiger partial charge >= 0.3 is 0 Å². The second kappa shape index (κ2) is 6.73. The lowest BCUT2D eigenvalue weighted by Gasteiger charge is -2.22. The van der Waals surface area contributed by atoms with Crippen LogP contribution in [0.25, 0.3) is 0 Å². The maximum atomic E-state index is 12.5. The number of aromatic nitrogens is 1. The molecule has 0 radical (unpaired) electrons. The van der Waals surface area contributed by atoms with Crippen molar-refractivity contribution in [2.24, 2.45) is 5.92 Å². The highest BCUT2D eigenvalue weighted by Gasteiger charge is 2.27. The van der Waals surface area contributed by atoms with Crippen LogP contribution < -0.4 is 4.72 Å². The molecule has 4 nitrogen and oxygen atoms in total. The Bertz CT molecular complexity index is 580. The van der Waals surface area contributed by atoms with Crippen LogP contribution in [0.3, 0.4) is 0 Å². The number of sulfonamides is 1. The van der Waals surface area contributed by atoms with Crippen molar-refractivity contribution in [2.75, 3.05) is 0 Å². The smallest absolute Gasteiger partial charge is 0.242 e. The molecular weight excluding hydrogens is 364 g/mol. The Labute approximate surface area is 133 Å². The normalized spacial score (nSPS) is 24.4. The first-order valence-corrected chi connectivity index (χ1v) is 9.39. The van der Waals surface area contributed by atoms with E-state index in [1.807, 2.05) is 0 Å². The summed E-state index contributed by atoms with van der Waals surface area (Å²) in [6.07, 6.45) is 6.80. The number of halogens is 2. The number of pyridine rings is 1. The number of nitrogens with zero attached hydrogens (tertiary/aromatic N) is 1. The molecule has 1 aliphatic carbocycles. The second-order valence-electron chi connectivity index (χ2n) is 5.29. The maximum Gasteiger partial charge on any atom is 0.243 e. The van der Waals surface area contributed by atoms with Gasteiger partial charge in [-0.05, 0) is 40.8 Å². The minimum atomic E-state index is -3.64. The van der Waals surface area contributed by atoms with Crippen LogP contribution >= 0.6 is 27.5 Å². The van der Waals surface area contributed by atoms with E-state index in [0.717, 1.165) is 19.3 Å². The largest absolute Gasteiger partial charge is 0.243 e. The van der Waals surface area contributed by atoms with Crippen molar-refractivity contribution in [1.29, 1.82) is 0 Å². The van der Waals surface area contributed by atoms with Gasteiger partial charge in [-0.25, -0.2) is 18.1 Å². The van der Waals surface area contributed by atoms with E-state index in [9.17, 15) is 8.42 Å². The number of nitrogens with one attached hydrogen (secondary N) is 1. The number of rotatable bonds is 3. The van der Waals surface area contributed by atoms with Gasteiger partial charge in [0.1, 0.15) is 10.0 Å². The van der Waals surface area contributed by atoms with Gasteiger partial charge in [0, 0.05) is 16.7 Å². The number of hydrogen-bond acceptors (Lipinski definition) is 3. The van der Waals surface area contributed by atoms with Gasteiger partial charge in [-0.15, -0.1) is 0 Å². The fourth-order valence-electron chi connectivity index (χ4n) is 2.52. The molecule has 1 saturated carbocycles. The average Bonchev–Trinajstić information content (AvgIpc) is 2.57. The molecule has 2 atom stereocenters. The van der Waals surface area contributed by atoms with Crippen LogP contribution in [0.15, 0.2) is 21.6 Å². The molecule has 1 N–H and O–H groups in total. The minimum absolute atomic E-state index is 0.00183. The van der Waals surface area contributed by atoms with Crippen LogP contribution in [0.2, 0.25) is 5.15 Å². The predicted octanol–water partition coefficient (Wildman–Crippen LogP) is 3.74. The molecule has 2 unspecified atom stereocenters. The van der Waals surface area contributed by atoms with Crippen molar-refractivity contribution >= 4 is 37.6 Å². The molecule has 1 aromatic rings. The fourth-order valence-corrected chi connectivity index (χ4v) is 4.85. The summed E-state index contributed by atoms with van der Waals surface area (Å²) >= 11 is 9.14. The molecule has 0 aliphatic heterocycles. The summed E-state index contributed by atoms with van der Waals surface area (Å²) in [5.74, 6) is 0.339. The first-order valence-electron chi connectivity index (χ1n) is 6.73. The zero-order valence-electron chi connectivity index (χ0n) is 11.3. The zero-order valence-corrected chi connectivity index (χ0v) is 14.4. The summed E-state index contributed by atoms with van der Waals surface area (Å²) < 4.78 is 28.3. The van der Waals surface area contributed by atoms with Crippen LogP contribution in [-0.4, -0.2) is 19.4 Å². The molecule has 0 amide bonds. The van der Waals surface area contributed by atoms with Crippen molar-refractivity contribution in [2.45, 2.75) is 50.0 Å². The van der Waals surface area contributed by atoms with Gasteiger partial charge in [0.2, 0.25) is 10.0 Å². The van der Waals surface area contributed by atoms with Crippen LogP contribution in [0.5, 0.6) is 0 Å². The van der Waals surface area contributed by atoms with Crippen LogP contribution in [0, 0.1) is 5.92 Å². The van der Waals surface area contributed by atoms with Gasteiger partial charge in [0.15, 0.2) is 0 Å². The summed E-state index contributed by atoms with van der Waals surface area (Å²) in [7, 11) is -3.64. The first kappa shape index (κ1) is 16.2. The number of hydrogen-bond donors (Lipinski definition) is 1. The second-order valence-corrected chi connectivity index (χ2v) is 8.24. The van der Waals surface area contributed by atoms with E-state index in [2.05, 4.69) is 32.6 Å². The standard InChI is InChI=1S/C13H18BrClN2O2S/c1-9-5-3-2-4-6-11(9)17-20(18,19)12-7-10(14)8-16-13(12)15/h7-9,11,17H,2-6H2,1H3. The molecule has 0 bridgehead atoms. The minimum Gasteiger partial charge on any atom is -0.242 e. The van der Waals surface area contributed by atoms with E-state index in [-0.39, 0.29) is 16.1 Å². The molecule has 0 aromatic carbocycles. The molecule has 1 heterocycles. The zero-order chi connectivity index (χ0) is 14.8. The third-order valence-electron chi connectivity index (χ3n) is 3.73. The van der Waals surface area contributed by atoms with Crippen LogP contribution in [0.1, 0.15) is 39.0 Å². The molecule has 7 heteroatoms. The van der Waals surface area contributed by atoms with E-state index < -0.39 is 10.0 Å². The van der Waals surface area contributed by atoms with Crippen molar-refractivity contribution in [1.82, 2.24) is 9.71 Å². The van der Waals surface area contributed by atoms with Gasteiger partial charge in [-0.2, -0.15) is 0 Å². The molecular formula is C13H18BrClN2O2S. The Morgan fingerprint density at radius 1 is 1.35 bits per heavy atom. The predicted molar refractivity (Wildman–Crippen MR) is 83.3 cm³/mol. The highest BCUT2D eigenvalue weighted by Crippen LogP contribution is 2.27. The van der Waals surface area contributed by atoms with Crippen molar-refractivity contribution in [3.63, 3.8) is 0 Å². The molecule has 112 valence electrons. The third-order valence-corrected chi connectivity index (χ3v) is 6.08. The Morgan fingerprint density at radius 3 is 2.80 bits per heavy atom. The van der Waals surface area contributed by atoms with Gasteiger partial charge in [0.25, 0.3) is 0 Å². The first-order chi connectivity index (χ1) is 9.40. The molecule has 0 spiro atoms. The fraction of sp³-hybridized carbons (Fsp3) is 0.615. The van der Waals surface area contributed by atoms with Gasteiger partial charge in [0.05, 0.1) is 0 Å². The molecule has 1 fully saturated rings. The summed E-state index contributed by atoms with van der Waals surface area (Å²) in [6.45, 7) is 2.10. The van der Waals surface area contributed by atoms with E-state index >= 15 is 0 Å². The highest BCUT2D eigenvalue weighted by atomic mass is 79.9. The van der Waals surface area contributed by atoms with Gasteiger partial charge in [-0.3, -0.25) is 0 Å². The lowest BCUT2D eigenvalue weighted by atomic mass is 9.98. The Balaban J connectivity index is 2.24. The van der Waals surface area contributed by atoms with E-state index in [0.29, 0.717) is 10.4 Å². The van der Waals surface area contributed by atoms with E-state index in [1.165, 1.54) is 25.1 Å². The van der Waals surface area contributed by atoms with Crippen molar-refractivity contribution < 1.29 is 8.42 Å². The molecule has 0 saturated heterocycles. The maximum absolute atomic E-state index is 12.5. The average molecular weight is 382 g/mol. The molecule has 1 aromatic heterocycles. The summed E-state index contributed by atoms with van der Waals surface area (Å²) in [5, 5.41) is 0.00183. The monoisotopic (exact) mass is 380 g/mol. The topological polar surface area (TPSA) is 59.1 Å². The quantitative estimate of drug-likeness (QED) is 0.641. The highest BCUT2D eigenvalue weighted by molar-refractivity contribution is 9.10. The van der Waals surface area contributed by atoms with E-state index in [1.54, 1.807) is 0 Å². The van der Waals surface area contributed by atoms with Crippen LogP contribution in [-0.2, 0) is 10.0 Å². The Kier molecular flexibility index (Phi) is 5.45. The Morgan fingerprint density at radius 2 is 2.05 bits per heavy atom. The lowest BCUT2D eigenvalue weighted by Crippen LogP contribution is -2.39. The lowest BCUT2D eigenvalue weighted by molar-refractivity contribution is 0.399. The molecule has 2 rings (SSSR count). The summed E-state index contributed by atoms with van der Waals surface area (Å²) in [6, 6.07) is 1.46. The van der Waals surface area contributed by atoms with Crippen LogP contribution in [0.4, 0.5) is 0 Å². The van der Waals surface area contributed by atoms with E-state index in [4.69, 9.17) is 11.6 Å². The Hall–Kier alpha value is -0.170. The summed E-state index contributed by atoms with van der Waals surface area (Å²) in [5.41, 5.74) is 0.